The summed E-state index contributed by atoms with van der Waals surface area (Å²) >= 11 is 1.63. The number of para-hydroxylation sites is 1. The van der Waals surface area contributed by atoms with E-state index >= 15 is 0 Å². The summed E-state index contributed by atoms with van der Waals surface area (Å²) in [6, 6.07) is 7.69. The van der Waals surface area contributed by atoms with Gasteiger partial charge in [-0.05, 0) is 38.2 Å². The minimum atomic E-state index is -0.184. The molecular weight excluding hydrogens is 360 g/mol. The summed E-state index contributed by atoms with van der Waals surface area (Å²) in [5.41, 5.74) is 0.872. The first-order valence-corrected chi connectivity index (χ1v) is 11.0. The van der Waals surface area contributed by atoms with Crippen molar-refractivity contribution in [3.63, 3.8) is 0 Å². The molecular formula is C20H30N4O2S. The highest BCUT2D eigenvalue weighted by atomic mass is 32.2. The Kier molecular flexibility index (Phi) is 7.15. The Morgan fingerprint density at radius 3 is 2.41 bits per heavy atom. The Morgan fingerprint density at radius 2 is 1.74 bits per heavy atom. The molecule has 27 heavy (non-hydrogen) atoms. The second kappa shape index (κ2) is 9.57. The molecule has 0 unspecified atom stereocenters. The summed E-state index contributed by atoms with van der Waals surface area (Å²) in [6.45, 7) is 7.58. The molecule has 1 aromatic carbocycles. The quantitative estimate of drug-likeness (QED) is 0.753. The number of likely N-dealkylation sites (tertiary alicyclic amines) is 1. The van der Waals surface area contributed by atoms with Gasteiger partial charge in [-0.2, -0.15) is 0 Å². The van der Waals surface area contributed by atoms with E-state index < -0.39 is 0 Å². The lowest BCUT2D eigenvalue weighted by Gasteiger charge is -2.37. The van der Waals surface area contributed by atoms with Gasteiger partial charge < -0.3 is 10.2 Å². The van der Waals surface area contributed by atoms with Crippen LogP contribution in [0.1, 0.15) is 19.8 Å². The van der Waals surface area contributed by atoms with Crippen LogP contribution in [0.4, 0.5) is 5.69 Å². The zero-order valence-electron chi connectivity index (χ0n) is 16.3. The summed E-state index contributed by atoms with van der Waals surface area (Å²) in [5, 5.41) is 3.06. The van der Waals surface area contributed by atoms with Gasteiger partial charge in [0.25, 0.3) is 0 Å². The number of rotatable bonds is 6. The topological polar surface area (TPSA) is 55.9 Å². The maximum absolute atomic E-state index is 12.7. The second-order valence-corrected chi connectivity index (χ2v) is 8.11. The molecule has 1 aromatic rings. The summed E-state index contributed by atoms with van der Waals surface area (Å²) in [4.78, 5) is 32.4. The molecule has 0 aliphatic carbocycles. The molecule has 2 aliphatic rings. The van der Waals surface area contributed by atoms with Crippen molar-refractivity contribution in [2.24, 2.45) is 0 Å². The molecule has 6 nitrogen and oxygen atoms in total. The first-order valence-electron chi connectivity index (χ1n) is 9.76. The molecule has 2 aliphatic heterocycles. The largest absolute Gasteiger partial charge is 0.342 e. The molecule has 0 spiro atoms. The van der Waals surface area contributed by atoms with Gasteiger partial charge in [-0.1, -0.05) is 12.1 Å². The number of nitrogens with one attached hydrogen (secondary N) is 1. The maximum atomic E-state index is 12.7. The van der Waals surface area contributed by atoms with E-state index in [1.54, 1.807) is 11.8 Å². The van der Waals surface area contributed by atoms with Gasteiger partial charge in [0, 0.05) is 44.2 Å². The van der Waals surface area contributed by atoms with Gasteiger partial charge in [-0.15, -0.1) is 11.8 Å². The zero-order chi connectivity index (χ0) is 19.2. The van der Waals surface area contributed by atoms with E-state index in [-0.39, 0.29) is 17.9 Å². The maximum Gasteiger partial charge on any atom is 0.241 e. The van der Waals surface area contributed by atoms with Gasteiger partial charge in [-0.3, -0.25) is 19.4 Å². The summed E-state index contributed by atoms with van der Waals surface area (Å²) in [6.07, 6.45) is 4.27. The molecule has 1 atom stereocenters. The molecule has 7 heteroatoms. The van der Waals surface area contributed by atoms with Crippen molar-refractivity contribution in [1.82, 2.24) is 14.7 Å². The smallest absolute Gasteiger partial charge is 0.241 e. The number of anilines is 1. The number of carbonyl (C=O) groups is 2. The summed E-state index contributed by atoms with van der Waals surface area (Å²) in [5.74, 6) is 0.276. The fraction of sp³-hybridized carbons (Fsp3) is 0.600. The van der Waals surface area contributed by atoms with Crippen LogP contribution in [0.3, 0.4) is 0 Å². The zero-order valence-corrected chi connectivity index (χ0v) is 17.1. The summed E-state index contributed by atoms with van der Waals surface area (Å²) < 4.78 is 0. The number of hydrogen-bond donors (Lipinski definition) is 1. The van der Waals surface area contributed by atoms with Crippen LogP contribution in [0, 0.1) is 0 Å². The monoisotopic (exact) mass is 390 g/mol. The number of carbonyl (C=O) groups excluding carboxylic acids is 2. The highest BCUT2D eigenvalue weighted by Crippen LogP contribution is 2.25. The van der Waals surface area contributed by atoms with Crippen molar-refractivity contribution < 1.29 is 9.59 Å². The van der Waals surface area contributed by atoms with Crippen LogP contribution < -0.4 is 5.32 Å². The van der Waals surface area contributed by atoms with Gasteiger partial charge >= 0.3 is 0 Å². The molecule has 148 valence electrons. The average molecular weight is 391 g/mol. The third-order valence-corrected chi connectivity index (χ3v) is 6.31. The lowest BCUT2D eigenvalue weighted by molar-refractivity contribution is -0.132. The third-order valence-electron chi connectivity index (χ3n) is 5.52. The molecule has 0 saturated carbocycles. The van der Waals surface area contributed by atoms with Crippen LogP contribution in [-0.4, -0.2) is 84.6 Å². The fourth-order valence-electron chi connectivity index (χ4n) is 3.72. The number of nitrogens with zero attached hydrogens (tertiary/aromatic N) is 3. The van der Waals surface area contributed by atoms with E-state index in [1.807, 2.05) is 42.3 Å². The fourth-order valence-corrected chi connectivity index (χ4v) is 4.27. The highest BCUT2D eigenvalue weighted by Gasteiger charge is 2.28. The van der Waals surface area contributed by atoms with Crippen molar-refractivity contribution in [2.45, 2.75) is 30.7 Å². The molecule has 2 heterocycles. The molecule has 1 N–H and O–H groups in total. The standard InChI is InChI=1S/C20H30N4O2S/c1-16(20(26)21-17-7-3-4-8-18(17)27-2)23-13-11-22(12-14-23)15-19(25)24-9-5-6-10-24/h3-4,7-8,16H,5-6,9-15H2,1-2H3,(H,21,26)/t16-/m0/s1. The number of amides is 2. The predicted molar refractivity (Wildman–Crippen MR) is 110 cm³/mol. The lowest BCUT2D eigenvalue weighted by Crippen LogP contribution is -2.54. The third kappa shape index (κ3) is 5.24. The first kappa shape index (κ1) is 20.2. The predicted octanol–water partition coefficient (Wildman–Crippen LogP) is 1.98. The average Bonchev–Trinajstić information content (AvgIpc) is 3.23. The van der Waals surface area contributed by atoms with Crippen LogP contribution in [0.5, 0.6) is 0 Å². The van der Waals surface area contributed by atoms with Crippen LogP contribution in [0.2, 0.25) is 0 Å². The van der Waals surface area contributed by atoms with Gasteiger partial charge in [0.05, 0.1) is 18.3 Å². The highest BCUT2D eigenvalue weighted by molar-refractivity contribution is 7.98. The van der Waals surface area contributed by atoms with Gasteiger partial charge in [0.2, 0.25) is 11.8 Å². The van der Waals surface area contributed by atoms with Crippen LogP contribution >= 0.6 is 11.8 Å². The van der Waals surface area contributed by atoms with Gasteiger partial charge in [0.15, 0.2) is 0 Å². The Labute approximate surface area is 166 Å². The molecule has 2 saturated heterocycles. The van der Waals surface area contributed by atoms with E-state index in [1.165, 1.54) is 0 Å². The molecule has 0 aromatic heterocycles. The van der Waals surface area contributed by atoms with Crippen molar-refractivity contribution in [1.29, 1.82) is 0 Å². The molecule has 0 bridgehead atoms. The second-order valence-electron chi connectivity index (χ2n) is 7.27. The Balaban J connectivity index is 1.46. The SMILES string of the molecule is CSc1ccccc1NC(=O)[C@H](C)N1CCN(CC(=O)N2CCCC2)CC1. The van der Waals surface area contributed by atoms with E-state index in [9.17, 15) is 9.59 Å². The Bertz CT molecular complexity index is 655. The van der Waals surface area contributed by atoms with Crippen LogP contribution in [-0.2, 0) is 9.59 Å². The van der Waals surface area contributed by atoms with Gasteiger partial charge in [-0.25, -0.2) is 0 Å². The lowest BCUT2D eigenvalue weighted by atomic mass is 10.2. The van der Waals surface area contributed by atoms with E-state index in [0.717, 1.165) is 62.7 Å². The molecule has 3 rings (SSSR count). The Morgan fingerprint density at radius 1 is 1.07 bits per heavy atom. The normalized spacial score (nSPS) is 19.9. The first-order chi connectivity index (χ1) is 13.1. The van der Waals surface area contributed by atoms with Gasteiger partial charge in [0.1, 0.15) is 0 Å². The van der Waals surface area contributed by atoms with Crippen molar-refractivity contribution >= 4 is 29.3 Å². The minimum Gasteiger partial charge on any atom is -0.342 e. The van der Waals surface area contributed by atoms with Crippen molar-refractivity contribution in [3.8, 4) is 0 Å². The van der Waals surface area contributed by atoms with Crippen LogP contribution in [0.15, 0.2) is 29.2 Å². The molecule has 0 radical (unpaired) electrons. The van der Waals surface area contributed by atoms with Crippen molar-refractivity contribution in [2.75, 3.05) is 57.4 Å². The van der Waals surface area contributed by atoms with E-state index in [0.29, 0.717) is 6.54 Å². The number of piperazine rings is 1. The number of hydrogen-bond acceptors (Lipinski definition) is 5. The Hall–Kier alpha value is -1.57. The number of thioether (sulfide) groups is 1. The van der Waals surface area contributed by atoms with E-state index in [4.69, 9.17) is 0 Å². The summed E-state index contributed by atoms with van der Waals surface area (Å²) in [7, 11) is 0. The minimum absolute atomic E-state index is 0.0260. The van der Waals surface area contributed by atoms with Crippen LogP contribution in [0.25, 0.3) is 0 Å². The van der Waals surface area contributed by atoms with E-state index in [2.05, 4.69) is 15.1 Å². The van der Waals surface area contributed by atoms with Crippen molar-refractivity contribution in [3.05, 3.63) is 24.3 Å². The number of benzene rings is 1. The molecule has 2 amide bonds. The molecule has 2 fully saturated rings.